The first-order chi connectivity index (χ1) is 7.65. The van der Waals surface area contributed by atoms with Crippen molar-refractivity contribution in [3.63, 3.8) is 0 Å². The summed E-state index contributed by atoms with van der Waals surface area (Å²) in [5, 5.41) is 9.00. The molecule has 0 fully saturated rings. The SMILES string of the molecule is NCCCCC1CC=C(N)[C@H](C(=O)O)CC1. The summed E-state index contributed by atoms with van der Waals surface area (Å²) in [6.45, 7) is 0.739. The summed E-state index contributed by atoms with van der Waals surface area (Å²) in [5.41, 5.74) is 11.7. The molecular formula is C12H22N2O2. The summed E-state index contributed by atoms with van der Waals surface area (Å²) >= 11 is 0. The molecule has 16 heavy (non-hydrogen) atoms. The van der Waals surface area contributed by atoms with Gasteiger partial charge in [-0.3, -0.25) is 4.79 Å². The third kappa shape index (κ3) is 3.85. The van der Waals surface area contributed by atoms with Gasteiger partial charge in [-0.05, 0) is 38.1 Å². The van der Waals surface area contributed by atoms with E-state index in [1.165, 1.54) is 0 Å². The maximum absolute atomic E-state index is 10.9. The monoisotopic (exact) mass is 226 g/mol. The number of rotatable bonds is 5. The highest BCUT2D eigenvalue weighted by Gasteiger charge is 2.24. The lowest BCUT2D eigenvalue weighted by Crippen LogP contribution is -2.20. The molecule has 92 valence electrons. The molecule has 1 aliphatic carbocycles. The van der Waals surface area contributed by atoms with Crippen LogP contribution in [0.4, 0.5) is 0 Å². The van der Waals surface area contributed by atoms with Crippen molar-refractivity contribution < 1.29 is 9.90 Å². The van der Waals surface area contributed by atoms with Crippen LogP contribution in [0, 0.1) is 11.8 Å². The fraction of sp³-hybridized carbons (Fsp3) is 0.750. The van der Waals surface area contributed by atoms with Gasteiger partial charge < -0.3 is 16.6 Å². The average molecular weight is 226 g/mol. The van der Waals surface area contributed by atoms with Gasteiger partial charge in [0.05, 0.1) is 5.92 Å². The summed E-state index contributed by atoms with van der Waals surface area (Å²) < 4.78 is 0. The fourth-order valence-corrected chi connectivity index (χ4v) is 2.24. The smallest absolute Gasteiger partial charge is 0.312 e. The lowest BCUT2D eigenvalue weighted by atomic mass is 9.93. The van der Waals surface area contributed by atoms with Gasteiger partial charge in [0.15, 0.2) is 0 Å². The molecule has 0 aromatic carbocycles. The van der Waals surface area contributed by atoms with Crippen molar-refractivity contribution in [1.29, 1.82) is 0 Å². The van der Waals surface area contributed by atoms with Crippen LogP contribution in [0.25, 0.3) is 0 Å². The van der Waals surface area contributed by atoms with Gasteiger partial charge in [-0.15, -0.1) is 0 Å². The van der Waals surface area contributed by atoms with E-state index in [2.05, 4.69) is 0 Å². The van der Waals surface area contributed by atoms with E-state index in [4.69, 9.17) is 16.6 Å². The Morgan fingerprint density at radius 1 is 1.44 bits per heavy atom. The standard InChI is InChI=1S/C12H22N2O2/c13-8-2-1-3-9-4-6-10(12(15)16)11(14)7-5-9/h7,9-10H,1-6,8,13-14H2,(H,15,16)/t9?,10-/m1/s1. The van der Waals surface area contributed by atoms with E-state index >= 15 is 0 Å². The van der Waals surface area contributed by atoms with Crippen molar-refractivity contribution in [3.05, 3.63) is 11.8 Å². The molecule has 0 spiro atoms. The minimum Gasteiger partial charge on any atom is -0.481 e. The van der Waals surface area contributed by atoms with E-state index in [1.54, 1.807) is 0 Å². The van der Waals surface area contributed by atoms with Crippen molar-refractivity contribution in [2.24, 2.45) is 23.3 Å². The predicted octanol–water partition coefficient (Wildman–Crippen LogP) is 1.46. The molecule has 0 aliphatic heterocycles. The summed E-state index contributed by atoms with van der Waals surface area (Å²) in [5.74, 6) is -0.690. The molecule has 0 aromatic heterocycles. The van der Waals surface area contributed by atoms with Crippen LogP contribution in [0.15, 0.2) is 11.8 Å². The van der Waals surface area contributed by atoms with Gasteiger partial charge in [-0.1, -0.05) is 18.9 Å². The number of hydrogen-bond donors (Lipinski definition) is 3. The van der Waals surface area contributed by atoms with Crippen LogP contribution in [0.3, 0.4) is 0 Å². The van der Waals surface area contributed by atoms with Crippen molar-refractivity contribution in [2.75, 3.05) is 6.54 Å². The second kappa shape index (κ2) is 6.53. The molecule has 0 radical (unpaired) electrons. The fourth-order valence-electron chi connectivity index (χ4n) is 2.24. The number of unbranched alkanes of at least 4 members (excludes halogenated alkanes) is 1. The lowest BCUT2D eigenvalue weighted by Gasteiger charge is -2.13. The number of hydrogen-bond acceptors (Lipinski definition) is 3. The number of carbonyl (C=O) groups is 1. The van der Waals surface area contributed by atoms with E-state index in [1.807, 2.05) is 6.08 Å². The Morgan fingerprint density at radius 2 is 2.19 bits per heavy atom. The van der Waals surface area contributed by atoms with Gasteiger partial charge in [-0.2, -0.15) is 0 Å². The van der Waals surface area contributed by atoms with Gasteiger partial charge in [0.2, 0.25) is 0 Å². The quantitative estimate of drug-likeness (QED) is 0.619. The molecule has 1 aliphatic rings. The van der Waals surface area contributed by atoms with Crippen LogP contribution in [-0.4, -0.2) is 17.6 Å². The van der Waals surface area contributed by atoms with Crippen LogP contribution in [0.2, 0.25) is 0 Å². The van der Waals surface area contributed by atoms with E-state index in [0.717, 1.165) is 38.6 Å². The molecule has 1 rings (SSSR count). The summed E-state index contributed by atoms with van der Waals surface area (Å²) in [4.78, 5) is 10.9. The number of carboxylic acids is 1. The Labute approximate surface area is 96.7 Å². The van der Waals surface area contributed by atoms with Gasteiger partial charge in [0, 0.05) is 5.70 Å². The van der Waals surface area contributed by atoms with E-state index < -0.39 is 11.9 Å². The van der Waals surface area contributed by atoms with Gasteiger partial charge in [0.1, 0.15) is 0 Å². The highest BCUT2D eigenvalue weighted by Crippen LogP contribution is 2.28. The minimum atomic E-state index is -0.795. The lowest BCUT2D eigenvalue weighted by molar-refractivity contribution is -0.140. The van der Waals surface area contributed by atoms with Crippen LogP contribution in [-0.2, 0) is 4.79 Å². The molecule has 0 heterocycles. The van der Waals surface area contributed by atoms with Crippen LogP contribution >= 0.6 is 0 Å². The van der Waals surface area contributed by atoms with Gasteiger partial charge >= 0.3 is 5.97 Å². The molecule has 1 unspecified atom stereocenters. The Morgan fingerprint density at radius 3 is 2.81 bits per heavy atom. The average Bonchev–Trinajstić information content (AvgIpc) is 2.41. The van der Waals surface area contributed by atoms with Crippen molar-refractivity contribution in [2.45, 2.75) is 38.5 Å². The maximum Gasteiger partial charge on any atom is 0.312 e. The summed E-state index contributed by atoms with van der Waals surface area (Å²) in [6.07, 6.45) is 7.76. The normalized spacial score (nSPS) is 25.9. The zero-order valence-corrected chi connectivity index (χ0v) is 9.69. The molecule has 4 nitrogen and oxygen atoms in total. The van der Waals surface area contributed by atoms with Crippen LogP contribution in [0.5, 0.6) is 0 Å². The Kier molecular flexibility index (Phi) is 5.32. The molecule has 0 saturated carbocycles. The highest BCUT2D eigenvalue weighted by atomic mass is 16.4. The number of nitrogens with two attached hydrogens (primary N) is 2. The Balaban J connectivity index is 2.43. The Bertz CT molecular complexity index is 264. The van der Waals surface area contributed by atoms with Gasteiger partial charge in [0.25, 0.3) is 0 Å². The van der Waals surface area contributed by atoms with E-state index in [9.17, 15) is 4.79 Å². The third-order valence-electron chi connectivity index (χ3n) is 3.32. The predicted molar refractivity (Wildman–Crippen MR) is 63.6 cm³/mol. The molecule has 0 bridgehead atoms. The molecular weight excluding hydrogens is 204 g/mol. The summed E-state index contributed by atoms with van der Waals surface area (Å²) in [6, 6.07) is 0. The van der Waals surface area contributed by atoms with Crippen molar-refractivity contribution in [3.8, 4) is 0 Å². The van der Waals surface area contributed by atoms with Crippen LogP contribution in [0.1, 0.15) is 38.5 Å². The van der Waals surface area contributed by atoms with E-state index in [0.29, 0.717) is 18.0 Å². The van der Waals surface area contributed by atoms with Gasteiger partial charge in [-0.25, -0.2) is 0 Å². The van der Waals surface area contributed by atoms with Crippen LogP contribution < -0.4 is 11.5 Å². The molecule has 0 amide bonds. The third-order valence-corrected chi connectivity index (χ3v) is 3.32. The molecule has 2 atom stereocenters. The second-order valence-electron chi connectivity index (χ2n) is 4.56. The molecule has 0 aromatic rings. The maximum atomic E-state index is 10.9. The highest BCUT2D eigenvalue weighted by molar-refractivity contribution is 5.73. The van der Waals surface area contributed by atoms with Crippen molar-refractivity contribution >= 4 is 5.97 Å². The zero-order valence-electron chi connectivity index (χ0n) is 9.69. The minimum absolute atomic E-state index is 0.473. The summed E-state index contributed by atoms with van der Waals surface area (Å²) in [7, 11) is 0. The largest absolute Gasteiger partial charge is 0.481 e. The Hall–Kier alpha value is -1.03. The molecule has 4 heteroatoms. The first-order valence-electron chi connectivity index (χ1n) is 6.03. The number of carboxylic acid groups (broad SMARTS) is 1. The van der Waals surface area contributed by atoms with E-state index in [-0.39, 0.29) is 0 Å². The molecule has 5 N–H and O–H groups in total. The first kappa shape index (κ1) is 13.0. The first-order valence-corrected chi connectivity index (χ1v) is 6.03. The topological polar surface area (TPSA) is 89.3 Å². The van der Waals surface area contributed by atoms with Crippen molar-refractivity contribution in [1.82, 2.24) is 0 Å². The number of aliphatic carboxylic acids is 1. The zero-order chi connectivity index (χ0) is 12.0. The molecule has 0 saturated heterocycles. The second-order valence-corrected chi connectivity index (χ2v) is 4.56. The number of allylic oxidation sites excluding steroid dienone is 1.